The Labute approximate surface area is 128 Å². The minimum atomic E-state index is -4.39. The Hall–Kier alpha value is -2.07. The summed E-state index contributed by atoms with van der Waals surface area (Å²) in [6.45, 7) is 0. The van der Waals surface area contributed by atoms with E-state index in [1.165, 1.54) is 17.0 Å². The molecule has 10 nitrogen and oxygen atoms in total. The number of nitrogens with two attached hydrogens (primary N) is 1. The molecule has 0 aliphatic heterocycles. The van der Waals surface area contributed by atoms with Crippen molar-refractivity contribution in [1.82, 2.24) is 19.5 Å². The van der Waals surface area contributed by atoms with Crippen LogP contribution in [-0.4, -0.2) is 41.8 Å². The first-order valence-corrected chi connectivity index (χ1v) is 8.30. The number of rotatable bonds is 4. The first kappa shape index (κ1) is 15.8. The van der Waals surface area contributed by atoms with Crippen LogP contribution in [0.2, 0.25) is 0 Å². The van der Waals surface area contributed by atoms with E-state index in [0.717, 1.165) is 0 Å². The molecule has 23 heavy (non-hydrogen) atoms. The highest BCUT2D eigenvalue weighted by atomic mass is 31.2. The number of allylic oxidation sites excluding steroid dienone is 1. The third-order valence-electron chi connectivity index (χ3n) is 3.37. The van der Waals surface area contributed by atoms with Crippen molar-refractivity contribution in [1.29, 1.82) is 0 Å². The molecule has 0 saturated carbocycles. The summed E-state index contributed by atoms with van der Waals surface area (Å²) in [5.74, 6) is -0.746. The number of H-pyrrole nitrogens is 1. The second-order valence-corrected chi connectivity index (χ2v) is 6.67. The van der Waals surface area contributed by atoms with Gasteiger partial charge in [-0.3, -0.25) is 14.3 Å². The Morgan fingerprint density at radius 1 is 1.57 bits per heavy atom. The normalized spacial score (nSPS) is 21.8. The molecule has 0 aromatic carbocycles. The van der Waals surface area contributed by atoms with Crippen molar-refractivity contribution in [3.63, 3.8) is 0 Å². The van der Waals surface area contributed by atoms with E-state index >= 15 is 0 Å². The van der Waals surface area contributed by atoms with Crippen molar-refractivity contribution in [3.05, 3.63) is 28.6 Å². The first-order chi connectivity index (χ1) is 10.7. The number of nitrogens with one attached hydrogen (secondary N) is 1. The summed E-state index contributed by atoms with van der Waals surface area (Å²) in [6, 6.07) is -0.560. The van der Waals surface area contributed by atoms with Gasteiger partial charge in [-0.1, -0.05) is 0 Å². The van der Waals surface area contributed by atoms with Gasteiger partial charge in [-0.25, -0.2) is 9.37 Å². The van der Waals surface area contributed by atoms with E-state index < -0.39 is 37.5 Å². The molecule has 0 spiro atoms. The highest BCUT2D eigenvalue weighted by molar-refractivity contribution is 7.51. The van der Waals surface area contributed by atoms with Crippen LogP contribution in [0.15, 0.2) is 23.0 Å². The third kappa shape index (κ3) is 3.17. The fraction of sp³-hybridized carbons (Fsp3) is 0.364. The van der Waals surface area contributed by atoms with Crippen molar-refractivity contribution in [3.8, 4) is 0 Å². The SMILES string of the molecule is Nc1nc2c(ncn2C2C=C(F)C(OCP(=O)(O)O)C2)c(=O)[nH]1. The average Bonchev–Trinajstić information content (AvgIpc) is 2.99. The molecule has 2 heterocycles. The molecule has 0 saturated heterocycles. The van der Waals surface area contributed by atoms with E-state index in [2.05, 4.69) is 15.0 Å². The van der Waals surface area contributed by atoms with Crippen molar-refractivity contribution < 1.29 is 23.5 Å². The zero-order valence-corrected chi connectivity index (χ0v) is 12.5. The van der Waals surface area contributed by atoms with E-state index in [9.17, 15) is 13.8 Å². The molecule has 124 valence electrons. The Morgan fingerprint density at radius 3 is 3.00 bits per heavy atom. The predicted molar refractivity (Wildman–Crippen MR) is 77.2 cm³/mol. The molecule has 2 aromatic rings. The monoisotopic (exact) mass is 345 g/mol. The third-order valence-corrected chi connectivity index (χ3v) is 3.85. The molecule has 2 aromatic heterocycles. The number of anilines is 1. The molecular weight excluding hydrogens is 332 g/mol. The molecule has 0 bridgehead atoms. The summed E-state index contributed by atoms with van der Waals surface area (Å²) in [7, 11) is -4.39. The van der Waals surface area contributed by atoms with Crippen molar-refractivity contribution in [2.24, 2.45) is 0 Å². The Balaban J connectivity index is 1.87. The van der Waals surface area contributed by atoms with E-state index in [4.69, 9.17) is 20.3 Å². The van der Waals surface area contributed by atoms with Gasteiger partial charge in [-0.15, -0.1) is 0 Å². The maximum Gasteiger partial charge on any atom is 0.351 e. The van der Waals surface area contributed by atoms with E-state index in [-0.39, 0.29) is 23.5 Å². The zero-order valence-electron chi connectivity index (χ0n) is 11.6. The van der Waals surface area contributed by atoms with Crippen LogP contribution in [0.4, 0.5) is 10.3 Å². The van der Waals surface area contributed by atoms with Gasteiger partial charge in [0.2, 0.25) is 5.95 Å². The van der Waals surface area contributed by atoms with E-state index in [1.54, 1.807) is 0 Å². The Kier molecular flexibility index (Phi) is 3.80. The molecular formula is C11H13FN5O5P. The number of nitrogens with zero attached hydrogens (tertiary/aromatic N) is 3. The fourth-order valence-electron chi connectivity index (χ4n) is 2.41. The van der Waals surface area contributed by atoms with Crippen molar-refractivity contribution >= 4 is 24.7 Å². The lowest BCUT2D eigenvalue weighted by molar-refractivity contribution is 0.0816. The molecule has 3 rings (SSSR count). The summed E-state index contributed by atoms with van der Waals surface area (Å²) in [5.41, 5.74) is 5.24. The number of halogens is 1. The van der Waals surface area contributed by atoms with Gasteiger partial charge in [0.15, 0.2) is 11.2 Å². The maximum atomic E-state index is 13.9. The maximum absolute atomic E-state index is 13.9. The number of aromatic amines is 1. The molecule has 0 amide bonds. The van der Waals surface area contributed by atoms with Crippen LogP contribution in [0.5, 0.6) is 0 Å². The van der Waals surface area contributed by atoms with Crippen LogP contribution in [-0.2, 0) is 9.30 Å². The molecule has 2 atom stereocenters. The lowest BCUT2D eigenvalue weighted by Gasteiger charge is -2.15. The molecule has 0 radical (unpaired) electrons. The summed E-state index contributed by atoms with van der Waals surface area (Å²) in [5, 5.41) is 0. The van der Waals surface area contributed by atoms with Crippen LogP contribution in [0.3, 0.4) is 0 Å². The van der Waals surface area contributed by atoms with Gasteiger partial charge >= 0.3 is 7.60 Å². The number of hydrogen-bond acceptors (Lipinski definition) is 6. The number of imidazole rings is 1. The zero-order chi connectivity index (χ0) is 16.8. The van der Waals surface area contributed by atoms with Crippen LogP contribution < -0.4 is 11.3 Å². The average molecular weight is 345 g/mol. The molecule has 2 unspecified atom stereocenters. The Morgan fingerprint density at radius 2 is 2.30 bits per heavy atom. The van der Waals surface area contributed by atoms with Gasteiger partial charge in [0, 0.05) is 6.42 Å². The lowest BCUT2D eigenvalue weighted by atomic mass is 10.2. The van der Waals surface area contributed by atoms with Gasteiger partial charge < -0.3 is 24.8 Å². The van der Waals surface area contributed by atoms with Crippen LogP contribution >= 0.6 is 7.60 Å². The number of ether oxygens (including phenoxy) is 1. The molecule has 5 N–H and O–H groups in total. The second-order valence-electron chi connectivity index (χ2n) is 5.08. The van der Waals surface area contributed by atoms with Crippen LogP contribution in [0, 0.1) is 0 Å². The predicted octanol–water partition coefficient (Wildman–Crippen LogP) is 0.0204. The topological polar surface area (TPSA) is 156 Å². The van der Waals surface area contributed by atoms with Gasteiger partial charge in [-0.2, -0.15) is 4.98 Å². The minimum absolute atomic E-state index is 0.0626. The summed E-state index contributed by atoms with van der Waals surface area (Å²) >= 11 is 0. The van der Waals surface area contributed by atoms with Gasteiger partial charge in [0.25, 0.3) is 5.56 Å². The number of nitrogen functional groups attached to an aromatic ring is 1. The summed E-state index contributed by atoms with van der Waals surface area (Å²) in [6.07, 6.45) is 0.688. The summed E-state index contributed by atoms with van der Waals surface area (Å²) < 4.78 is 31.1. The summed E-state index contributed by atoms with van der Waals surface area (Å²) in [4.78, 5) is 39.5. The molecule has 12 heteroatoms. The largest absolute Gasteiger partial charge is 0.369 e. The number of fused-ring (bicyclic) bond motifs is 1. The van der Waals surface area contributed by atoms with Crippen molar-refractivity contribution in [2.75, 3.05) is 12.1 Å². The van der Waals surface area contributed by atoms with Crippen molar-refractivity contribution in [2.45, 2.75) is 18.6 Å². The van der Waals surface area contributed by atoms with Gasteiger partial charge in [0.05, 0.1) is 12.4 Å². The van der Waals surface area contributed by atoms with Crippen LogP contribution in [0.1, 0.15) is 12.5 Å². The smallest absolute Gasteiger partial charge is 0.351 e. The van der Waals surface area contributed by atoms with E-state index in [1.807, 2.05) is 0 Å². The Bertz CT molecular complexity index is 887. The highest BCUT2D eigenvalue weighted by Crippen LogP contribution is 2.38. The lowest BCUT2D eigenvalue weighted by Crippen LogP contribution is -2.15. The first-order valence-electron chi connectivity index (χ1n) is 6.50. The van der Waals surface area contributed by atoms with Gasteiger partial charge in [0.1, 0.15) is 18.3 Å². The van der Waals surface area contributed by atoms with Crippen LogP contribution in [0.25, 0.3) is 11.2 Å². The minimum Gasteiger partial charge on any atom is -0.369 e. The van der Waals surface area contributed by atoms with Gasteiger partial charge in [-0.05, 0) is 6.08 Å². The number of aromatic nitrogens is 4. The quantitative estimate of drug-likeness (QED) is 0.565. The second kappa shape index (κ2) is 5.53. The molecule has 1 aliphatic rings. The fourth-order valence-corrected chi connectivity index (χ4v) is 2.78. The molecule has 0 fully saturated rings. The highest BCUT2D eigenvalue weighted by Gasteiger charge is 2.31. The van der Waals surface area contributed by atoms with E-state index in [0.29, 0.717) is 0 Å². The molecule has 1 aliphatic carbocycles. The standard InChI is InChI=1S/C11H13FN5O5P/c12-6-1-5(2-7(6)22-4-23(19,20)21)17-3-14-8-9(17)15-11(13)16-10(8)18/h1,3,5,7H,2,4H2,(H2,19,20,21)(H3,13,15,16,18). The number of hydrogen-bond donors (Lipinski definition) is 4.